The highest BCUT2D eigenvalue weighted by Gasteiger charge is 2.19. The van der Waals surface area contributed by atoms with Crippen LogP contribution in [0.3, 0.4) is 0 Å². The molecular weight excluding hydrogens is 264 g/mol. The molecule has 7 nitrogen and oxygen atoms in total. The first kappa shape index (κ1) is 15.7. The summed E-state index contributed by atoms with van der Waals surface area (Å²) in [7, 11) is 1.42. The first-order chi connectivity index (χ1) is 9.33. The maximum atomic E-state index is 10.8. The molecule has 0 bridgehead atoms. The van der Waals surface area contributed by atoms with E-state index in [-0.39, 0.29) is 24.1 Å². The van der Waals surface area contributed by atoms with Gasteiger partial charge < -0.3 is 15.2 Å². The van der Waals surface area contributed by atoms with E-state index in [0.717, 1.165) is 0 Å². The van der Waals surface area contributed by atoms with Crippen LogP contribution in [0, 0.1) is 16.0 Å². The van der Waals surface area contributed by atoms with Gasteiger partial charge in [0, 0.05) is 23.9 Å². The molecule has 0 amide bonds. The van der Waals surface area contributed by atoms with E-state index in [1.54, 1.807) is 6.07 Å². The van der Waals surface area contributed by atoms with Gasteiger partial charge in [-0.05, 0) is 5.92 Å². The van der Waals surface area contributed by atoms with Crippen molar-refractivity contribution in [3.05, 3.63) is 28.3 Å². The number of carboxylic acid groups (broad SMARTS) is 1. The van der Waals surface area contributed by atoms with Crippen molar-refractivity contribution in [3.8, 4) is 5.75 Å². The van der Waals surface area contributed by atoms with E-state index in [0.29, 0.717) is 11.4 Å². The second-order valence-electron chi connectivity index (χ2n) is 4.77. The van der Waals surface area contributed by atoms with Gasteiger partial charge in [0.25, 0.3) is 5.69 Å². The van der Waals surface area contributed by atoms with Crippen LogP contribution in [0.2, 0.25) is 0 Å². The number of nitrogens with one attached hydrogen (secondary N) is 1. The lowest BCUT2D eigenvalue weighted by atomic mass is 10.0. The van der Waals surface area contributed by atoms with Gasteiger partial charge in [0.1, 0.15) is 5.75 Å². The number of aliphatic carboxylic acids is 1. The summed E-state index contributed by atoms with van der Waals surface area (Å²) in [6.07, 6.45) is -0.0668. The summed E-state index contributed by atoms with van der Waals surface area (Å²) in [6.45, 7) is 3.77. The van der Waals surface area contributed by atoms with Crippen LogP contribution in [0.15, 0.2) is 18.2 Å². The third-order valence-electron chi connectivity index (χ3n) is 2.89. The largest absolute Gasteiger partial charge is 0.496 e. The van der Waals surface area contributed by atoms with Crippen molar-refractivity contribution in [2.75, 3.05) is 12.4 Å². The summed E-state index contributed by atoms with van der Waals surface area (Å²) >= 11 is 0. The van der Waals surface area contributed by atoms with Crippen molar-refractivity contribution >= 4 is 17.3 Å². The fourth-order valence-corrected chi connectivity index (χ4v) is 1.75. The number of carboxylic acids is 1. The van der Waals surface area contributed by atoms with Crippen LogP contribution in [-0.4, -0.2) is 29.2 Å². The molecule has 20 heavy (non-hydrogen) atoms. The summed E-state index contributed by atoms with van der Waals surface area (Å²) in [6, 6.07) is 3.95. The summed E-state index contributed by atoms with van der Waals surface area (Å²) in [5.74, 6) is -0.510. The summed E-state index contributed by atoms with van der Waals surface area (Å²) in [5.41, 5.74) is 0.362. The Morgan fingerprint density at radius 3 is 2.55 bits per heavy atom. The molecule has 0 saturated carbocycles. The average Bonchev–Trinajstić information content (AvgIpc) is 2.36. The van der Waals surface area contributed by atoms with E-state index < -0.39 is 10.9 Å². The molecule has 1 unspecified atom stereocenters. The molecule has 0 fully saturated rings. The van der Waals surface area contributed by atoms with Crippen LogP contribution >= 0.6 is 0 Å². The third kappa shape index (κ3) is 4.42. The van der Waals surface area contributed by atoms with Gasteiger partial charge in [0.15, 0.2) is 0 Å². The molecule has 1 rings (SSSR count). The Kier molecular flexibility index (Phi) is 5.31. The summed E-state index contributed by atoms with van der Waals surface area (Å²) in [4.78, 5) is 21.2. The number of methoxy groups -OCH3 is 1. The van der Waals surface area contributed by atoms with Crippen molar-refractivity contribution in [2.24, 2.45) is 5.92 Å². The molecule has 0 aliphatic carbocycles. The van der Waals surface area contributed by atoms with Crippen LogP contribution in [0.25, 0.3) is 0 Å². The monoisotopic (exact) mass is 282 g/mol. The fourth-order valence-electron chi connectivity index (χ4n) is 1.75. The second kappa shape index (κ2) is 6.74. The van der Waals surface area contributed by atoms with E-state index in [1.165, 1.54) is 19.2 Å². The molecule has 0 aliphatic rings. The lowest BCUT2D eigenvalue weighted by molar-refractivity contribution is -0.384. The SMILES string of the molecule is COc1cc(NC(CC(=O)O)C(C)C)cc([N+](=O)[O-])c1. The Labute approximate surface area is 116 Å². The van der Waals surface area contributed by atoms with E-state index in [4.69, 9.17) is 9.84 Å². The molecule has 0 radical (unpaired) electrons. The van der Waals surface area contributed by atoms with Gasteiger partial charge in [0.2, 0.25) is 0 Å². The molecule has 1 atom stereocenters. The number of hydrogen-bond acceptors (Lipinski definition) is 5. The average molecular weight is 282 g/mol. The predicted octanol–water partition coefficient (Wildman–Crippen LogP) is 2.51. The van der Waals surface area contributed by atoms with E-state index in [1.807, 2.05) is 13.8 Å². The molecule has 0 aromatic heterocycles. The number of rotatable bonds is 7. The number of non-ortho nitro benzene ring substituents is 1. The van der Waals surface area contributed by atoms with Gasteiger partial charge in [-0.2, -0.15) is 0 Å². The molecular formula is C13H18N2O5. The standard InChI is InChI=1S/C13H18N2O5/c1-8(2)12(7-13(16)17)14-9-4-10(15(18)19)6-11(5-9)20-3/h4-6,8,12,14H,7H2,1-3H3,(H,16,17). The first-order valence-electron chi connectivity index (χ1n) is 6.15. The molecule has 1 aromatic rings. The highest BCUT2D eigenvalue weighted by atomic mass is 16.6. The zero-order valence-electron chi connectivity index (χ0n) is 11.6. The maximum absolute atomic E-state index is 10.8. The summed E-state index contributed by atoms with van der Waals surface area (Å²) < 4.78 is 5.01. The number of nitro benzene ring substituents is 1. The van der Waals surface area contributed by atoms with Crippen LogP contribution in [0.4, 0.5) is 11.4 Å². The number of carbonyl (C=O) groups is 1. The lowest BCUT2D eigenvalue weighted by Crippen LogP contribution is -2.28. The van der Waals surface area contributed by atoms with Crippen molar-refractivity contribution in [3.63, 3.8) is 0 Å². The van der Waals surface area contributed by atoms with Crippen molar-refractivity contribution in [2.45, 2.75) is 26.3 Å². The zero-order valence-corrected chi connectivity index (χ0v) is 11.6. The molecule has 0 heterocycles. The number of anilines is 1. The maximum Gasteiger partial charge on any atom is 0.305 e. The Morgan fingerprint density at radius 2 is 2.10 bits per heavy atom. The van der Waals surface area contributed by atoms with Crippen molar-refractivity contribution < 1.29 is 19.6 Å². The molecule has 0 spiro atoms. The molecule has 0 aliphatic heterocycles. The first-order valence-corrected chi connectivity index (χ1v) is 6.15. The number of nitrogens with zero attached hydrogens (tertiary/aromatic N) is 1. The number of nitro groups is 1. The molecule has 7 heteroatoms. The minimum absolute atomic E-state index is 0.0661. The highest BCUT2D eigenvalue weighted by molar-refractivity contribution is 5.68. The predicted molar refractivity (Wildman–Crippen MR) is 74.1 cm³/mol. The second-order valence-corrected chi connectivity index (χ2v) is 4.77. The number of ether oxygens (including phenoxy) is 1. The van der Waals surface area contributed by atoms with E-state index >= 15 is 0 Å². The smallest absolute Gasteiger partial charge is 0.305 e. The minimum atomic E-state index is -0.923. The van der Waals surface area contributed by atoms with Crippen LogP contribution in [0.1, 0.15) is 20.3 Å². The minimum Gasteiger partial charge on any atom is -0.496 e. The van der Waals surface area contributed by atoms with Crippen LogP contribution in [0.5, 0.6) is 5.75 Å². The van der Waals surface area contributed by atoms with E-state index in [2.05, 4.69) is 5.32 Å². The molecule has 2 N–H and O–H groups in total. The van der Waals surface area contributed by atoms with Crippen molar-refractivity contribution in [1.29, 1.82) is 0 Å². The van der Waals surface area contributed by atoms with E-state index in [9.17, 15) is 14.9 Å². The van der Waals surface area contributed by atoms with Gasteiger partial charge in [0.05, 0.1) is 24.5 Å². The number of hydrogen-bond donors (Lipinski definition) is 2. The Morgan fingerprint density at radius 1 is 1.45 bits per heavy atom. The van der Waals surface area contributed by atoms with Crippen LogP contribution < -0.4 is 10.1 Å². The van der Waals surface area contributed by atoms with Gasteiger partial charge in [-0.1, -0.05) is 13.8 Å². The Bertz CT molecular complexity index is 502. The fraction of sp³-hybridized carbons (Fsp3) is 0.462. The molecule has 0 saturated heterocycles. The zero-order chi connectivity index (χ0) is 15.3. The van der Waals surface area contributed by atoms with Crippen LogP contribution in [-0.2, 0) is 4.79 Å². The summed E-state index contributed by atoms with van der Waals surface area (Å²) in [5, 5.41) is 22.7. The van der Waals surface area contributed by atoms with Gasteiger partial charge >= 0.3 is 5.97 Å². The Hall–Kier alpha value is -2.31. The molecule has 110 valence electrons. The van der Waals surface area contributed by atoms with Gasteiger partial charge in [-0.3, -0.25) is 14.9 Å². The normalized spacial score (nSPS) is 12.0. The van der Waals surface area contributed by atoms with Gasteiger partial charge in [-0.15, -0.1) is 0 Å². The lowest BCUT2D eigenvalue weighted by Gasteiger charge is -2.22. The van der Waals surface area contributed by atoms with Crippen molar-refractivity contribution in [1.82, 2.24) is 0 Å². The molecule has 1 aromatic carbocycles. The number of benzene rings is 1. The van der Waals surface area contributed by atoms with Gasteiger partial charge in [-0.25, -0.2) is 0 Å². The topological polar surface area (TPSA) is 102 Å². The highest BCUT2D eigenvalue weighted by Crippen LogP contribution is 2.27. The quantitative estimate of drug-likeness (QED) is 0.588. The third-order valence-corrected chi connectivity index (χ3v) is 2.89. The Balaban J connectivity index is 3.02.